The fourth-order valence-electron chi connectivity index (χ4n) is 4.30. The summed E-state index contributed by atoms with van der Waals surface area (Å²) in [6, 6.07) is 7.20. The van der Waals surface area contributed by atoms with Crippen molar-refractivity contribution in [2.45, 2.75) is 31.8 Å². The maximum atomic E-state index is 13.2. The van der Waals surface area contributed by atoms with Crippen molar-refractivity contribution in [2.24, 2.45) is 0 Å². The number of nitrogens with one attached hydrogen (secondary N) is 2. The molecule has 0 unspecified atom stereocenters. The zero-order valence-corrected chi connectivity index (χ0v) is 24.1. The highest BCUT2D eigenvalue weighted by atomic mass is 79.9. The molecule has 0 fully saturated rings. The van der Waals surface area contributed by atoms with E-state index in [0.29, 0.717) is 39.6 Å². The first-order chi connectivity index (χ1) is 18.8. The van der Waals surface area contributed by atoms with Crippen molar-refractivity contribution in [3.8, 4) is 22.3 Å². The van der Waals surface area contributed by atoms with Crippen LogP contribution < -0.4 is 15.6 Å². The van der Waals surface area contributed by atoms with Gasteiger partial charge in [0.2, 0.25) is 0 Å². The second-order valence-corrected chi connectivity index (χ2v) is 11.4. The van der Waals surface area contributed by atoms with Crippen molar-refractivity contribution < 1.29 is 30.8 Å². The number of anilines is 1. The third kappa shape index (κ3) is 5.34. The Labute approximate surface area is 239 Å². The van der Waals surface area contributed by atoms with Gasteiger partial charge in [-0.25, -0.2) is 0 Å². The number of fused-ring (bicyclic) bond motifs is 1. The van der Waals surface area contributed by atoms with E-state index in [4.69, 9.17) is 16.0 Å². The Morgan fingerprint density at radius 2 is 1.88 bits per heavy atom. The number of halogens is 5. The maximum Gasteiger partial charge on any atom is 0.516 e. The molecule has 2 N–H and O–H groups in total. The number of amides is 1. The predicted octanol–water partition coefficient (Wildman–Crippen LogP) is 5.65. The molecule has 0 spiro atoms. The number of sulfonamides is 1. The lowest BCUT2D eigenvalue weighted by molar-refractivity contribution is -0.0429. The maximum absolute atomic E-state index is 13.2. The minimum Gasteiger partial charge on any atom is -0.472 e. The number of para-hydroxylation sites is 1. The van der Waals surface area contributed by atoms with Crippen LogP contribution in [0.1, 0.15) is 35.2 Å². The first-order valence-electron chi connectivity index (χ1n) is 11.7. The highest BCUT2D eigenvalue weighted by Gasteiger charge is 2.46. The lowest BCUT2D eigenvalue weighted by atomic mass is 10.0. The quantitative estimate of drug-likeness (QED) is 0.252. The second kappa shape index (κ2) is 11.3. The Morgan fingerprint density at radius 3 is 2.52 bits per heavy atom. The van der Waals surface area contributed by atoms with Crippen LogP contribution >= 0.6 is 27.5 Å². The molecule has 1 aliphatic heterocycles. The number of hydrogen-bond donors (Lipinski definition) is 2. The van der Waals surface area contributed by atoms with E-state index >= 15 is 0 Å². The average molecular weight is 662 g/mol. The molecule has 1 aromatic carbocycles. The number of alkyl halides is 3. The van der Waals surface area contributed by atoms with Crippen molar-refractivity contribution in [3.05, 3.63) is 79.8 Å². The highest BCUT2D eigenvalue weighted by Crippen LogP contribution is 2.48. The van der Waals surface area contributed by atoms with Crippen LogP contribution in [0, 0.1) is 0 Å². The minimum atomic E-state index is -5.75. The summed E-state index contributed by atoms with van der Waals surface area (Å²) in [6.07, 6.45) is 3.69. The molecule has 9 nitrogen and oxygen atoms in total. The topological polar surface area (TPSA) is 123 Å². The van der Waals surface area contributed by atoms with Crippen LogP contribution in [0.2, 0.25) is 5.02 Å². The number of aryl methyl sites for hydroxylation is 1. The average Bonchev–Trinajstić information content (AvgIpc) is 3.17. The molecule has 1 aliphatic carbocycles. The van der Waals surface area contributed by atoms with Crippen LogP contribution in [-0.2, 0) is 23.0 Å². The fraction of sp³-hybridized carbons (Fsp3) is 0.240. The van der Waals surface area contributed by atoms with Crippen molar-refractivity contribution in [1.82, 2.24) is 14.9 Å². The number of carbonyl (C=O) groups excluding carboxylic acids is 1. The van der Waals surface area contributed by atoms with Crippen LogP contribution in [0.4, 0.5) is 18.9 Å². The third-order valence-corrected chi connectivity index (χ3v) is 8.32. The molecule has 2 aromatic rings. The molecule has 0 saturated carbocycles. The van der Waals surface area contributed by atoms with Gasteiger partial charge in [0, 0.05) is 34.6 Å². The molecule has 2 heterocycles. The van der Waals surface area contributed by atoms with Crippen LogP contribution in [0.25, 0.3) is 22.3 Å². The van der Waals surface area contributed by atoms with E-state index in [1.54, 1.807) is 10.8 Å². The van der Waals surface area contributed by atoms with E-state index in [2.05, 4.69) is 26.2 Å². The van der Waals surface area contributed by atoms with Gasteiger partial charge in [-0.05, 0) is 45.6 Å². The number of rotatable bonds is 8. The van der Waals surface area contributed by atoms with Crippen LogP contribution in [0.15, 0.2) is 56.5 Å². The zero-order chi connectivity index (χ0) is 29.4. The summed E-state index contributed by atoms with van der Waals surface area (Å²) in [4.78, 5) is 29.5. The summed E-state index contributed by atoms with van der Waals surface area (Å²) >= 11 is 9.77. The van der Waals surface area contributed by atoms with Crippen LogP contribution in [-0.4, -0.2) is 36.4 Å². The van der Waals surface area contributed by atoms with Gasteiger partial charge in [-0.3, -0.25) is 14.3 Å². The van der Waals surface area contributed by atoms with E-state index in [0.717, 1.165) is 0 Å². The van der Waals surface area contributed by atoms with Gasteiger partial charge in [0.25, 0.3) is 11.5 Å². The summed E-state index contributed by atoms with van der Waals surface area (Å²) in [7, 11) is -4.37. The molecule has 0 atom stereocenters. The van der Waals surface area contributed by atoms with Gasteiger partial charge in [-0.2, -0.15) is 26.6 Å². The Morgan fingerprint density at radius 1 is 1.18 bits per heavy atom. The molecule has 0 saturated heterocycles. The van der Waals surface area contributed by atoms with Crippen molar-refractivity contribution in [1.29, 1.82) is 0 Å². The molecule has 0 radical (unpaired) electrons. The van der Waals surface area contributed by atoms with E-state index in [-0.39, 0.29) is 29.3 Å². The second-order valence-electron chi connectivity index (χ2n) is 8.56. The third-order valence-electron chi connectivity index (χ3n) is 6.06. The normalized spacial score (nSPS) is 12.1. The molecule has 1 aromatic heterocycles. The molecular weight excluding hydrogens is 641 g/mol. The molecular formula is C25H21BrClF3N4O5S. The first-order valence-corrected chi connectivity index (χ1v) is 14.3. The number of hydrogen-bond acceptors (Lipinski definition) is 6. The van der Waals surface area contributed by atoms with Crippen molar-refractivity contribution >= 4 is 49.1 Å². The largest absolute Gasteiger partial charge is 0.516 e. The van der Waals surface area contributed by atoms with Gasteiger partial charge in [0.1, 0.15) is 16.5 Å². The molecule has 40 heavy (non-hydrogen) atoms. The molecule has 4 rings (SSSR count). The molecule has 15 heteroatoms. The van der Waals surface area contributed by atoms with E-state index in [1.807, 2.05) is 6.92 Å². The van der Waals surface area contributed by atoms with Gasteiger partial charge in [0.15, 0.2) is 0 Å². The SMILES string of the molecule is CCCc1nc(=O)c(Cl)c(C(=O)NC)n1Cc1c2ccocc-2c(Br)c1-c1ccccc1NS(=O)(=O)C(F)(F)F. The van der Waals surface area contributed by atoms with Crippen molar-refractivity contribution in [3.63, 3.8) is 0 Å². The number of aromatic nitrogens is 2. The number of benzene rings is 1. The Bertz CT molecular complexity index is 1740. The van der Waals surface area contributed by atoms with Crippen LogP contribution in [0.5, 0.6) is 0 Å². The van der Waals surface area contributed by atoms with E-state index in [1.165, 1.54) is 48.4 Å². The molecule has 2 aliphatic rings. The summed E-state index contributed by atoms with van der Waals surface area (Å²) in [6.45, 7) is 1.75. The zero-order valence-electron chi connectivity index (χ0n) is 20.9. The van der Waals surface area contributed by atoms with Gasteiger partial charge < -0.3 is 14.3 Å². The lowest BCUT2D eigenvalue weighted by Gasteiger charge is -2.20. The van der Waals surface area contributed by atoms with E-state index in [9.17, 15) is 31.2 Å². The lowest BCUT2D eigenvalue weighted by Crippen LogP contribution is -2.31. The van der Waals surface area contributed by atoms with Gasteiger partial charge in [-0.15, -0.1) is 0 Å². The van der Waals surface area contributed by atoms with E-state index < -0.39 is 32.0 Å². The summed E-state index contributed by atoms with van der Waals surface area (Å²) < 4.78 is 72.6. The Balaban J connectivity index is 2.04. The highest BCUT2D eigenvalue weighted by molar-refractivity contribution is 9.10. The monoisotopic (exact) mass is 660 g/mol. The summed E-state index contributed by atoms with van der Waals surface area (Å²) in [5.74, 6) is -0.384. The van der Waals surface area contributed by atoms with Gasteiger partial charge in [-0.1, -0.05) is 36.7 Å². The summed E-state index contributed by atoms with van der Waals surface area (Å²) in [5.41, 5.74) is -4.77. The minimum absolute atomic E-state index is 0.104. The van der Waals surface area contributed by atoms with Crippen LogP contribution in [0.3, 0.4) is 0 Å². The van der Waals surface area contributed by atoms with Gasteiger partial charge in [0.05, 0.1) is 24.8 Å². The van der Waals surface area contributed by atoms with Gasteiger partial charge >= 0.3 is 15.5 Å². The standard InChI is InChI=1S/C25H21BrClF3N4O5S/c1-3-6-18-32-23(35)21(27)22(24(36)31-2)34(18)11-15-13-9-10-39-12-16(13)20(26)19(15)14-7-4-5-8-17(14)33-40(37,38)25(28,29)30/h4-5,7-10,12,33H,3,6,11H2,1-2H3,(H,31,36). The molecule has 0 bridgehead atoms. The number of nitrogens with zero attached hydrogens (tertiary/aromatic N) is 2. The Hall–Kier alpha value is -3.36. The fourth-order valence-corrected chi connectivity index (χ4v) is 5.87. The molecule has 1 amide bonds. The Kier molecular flexibility index (Phi) is 8.33. The first kappa shape index (κ1) is 29.6. The molecule has 212 valence electrons. The predicted molar refractivity (Wildman–Crippen MR) is 147 cm³/mol. The number of carbonyl (C=O) groups is 1. The van der Waals surface area contributed by atoms with Crippen molar-refractivity contribution in [2.75, 3.05) is 11.8 Å². The smallest absolute Gasteiger partial charge is 0.472 e. The summed E-state index contributed by atoms with van der Waals surface area (Å²) in [5, 5.41) is 2.07.